The lowest BCUT2D eigenvalue weighted by atomic mass is 10.1. The number of unbranched alkanes of at least 4 members (excludes halogenated alkanes) is 7. The second-order valence-corrected chi connectivity index (χ2v) is 3.24. The summed E-state index contributed by atoms with van der Waals surface area (Å²) in [6.07, 6.45) is 8.70. The molecule has 0 rings (SSSR count). The van der Waals surface area contributed by atoms with E-state index in [9.17, 15) is 10.2 Å². The third kappa shape index (κ3) is 9.92. The Hall–Kier alpha value is -0.0800. The largest absolute Gasteiger partial charge is 0.237 e. The van der Waals surface area contributed by atoms with E-state index in [2.05, 4.69) is 0 Å². The normalized spacial score (nSPS) is 10.5. The molecule has 0 amide bonds. The summed E-state index contributed by atoms with van der Waals surface area (Å²) < 4.78 is 0. The van der Waals surface area contributed by atoms with Crippen LogP contribution in [0, 0.1) is 0 Å². The Morgan fingerprint density at radius 3 is 0.917 bits per heavy atom. The predicted molar refractivity (Wildman–Crippen MR) is 48.0 cm³/mol. The topological polar surface area (TPSA) is 39.8 Å². The highest BCUT2D eigenvalue weighted by molar-refractivity contribution is 4.45. The van der Waals surface area contributed by atoms with Crippen LogP contribution in [-0.4, -0.2) is 13.2 Å². The molecule has 0 aliphatic rings. The summed E-state index contributed by atoms with van der Waals surface area (Å²) in [7, 11) is 0. The molecular weight excluding hydrogens is 152 g/mol. The first-order valence-corrected chi connectivity index (χ1v) is 5.08. The molecule has 0 aromatic rings. The van der Waals surface area contributed by atoms with Crippen molar-refractivity contribution in [3.8, 4) is 0 Å². The summed E-state index contributed by atoms with van der Waals surface area (Å²) in [6.45, 7) is 0.159. The zero-order chi connectivity index (χ0) is 9.07. The SMILES string of the molecule is [O]CCCCCCCCCC[O]. The van der Waals surface area contributed by atoms with Gasteiger partial charge in [-0.05, 0) is 12.8 Å². The van der Waals surface area contributed by atoms with Crippen LogP contribution in [0.25, 0.3) is 0 Å². The molecule has 0 aromatic carbocycles. The molecule has 0 saturated carbocycles. The highest BCUT2D eigenvalue weighted by Crippen LogP contribution is 2.07. The van der Waals surface area contributed by atoms with Gasteiger partial charge >= 0.3 is 0 Å². The fourth-order valence-electron chi connectivity index (χ4n) is 1.26. The average molecular weight is 172 g/mol. The minimum Gasteiger partial charge on any atom is -0.237 e. The van der Waals surface area contributed by atoms with Crippen molar-refractivity contribution in [2.45, 2.75) is 51.4 Å². The van der Waals surface area contributed by atoms with Crippen LogP contribution in [0.4, 0.5) is 0 Å². The van der Waals surface area contributed by atoms with Crippen LogP contribution in [0.5, 0.6) is 0 Å². The monoisotopic (exact) mass is 172 g/mol. The van der Waals surface area contributed by atoms with Crippen LogP contribution in [0.2, 0.25) is 0 Å². The van der Waals surface area contributed by atoms with Crippen molar-refractivity contribution < 1.29 is 10.2 Å². The molecule has 0 fully saturated rings. The first-order valence-electron chi connectivity index (χ1n) is 5.08. The molecular formula is C10H20O2. The molecule has 0 spiro atoms. The van der Waals surface area contributed by atoms with E-state index in [1.54, 1.807) is 0 Å². The number of hydrogen-bond acceptors (Lipinski definition) is 0. The Kier molecular flexibility index (Phi) is 10.8. The van der Waals surface area contributed by atoms with E-state index in [0.29, 0.717) is 0 Å². The van der Waals surface area contributed by atoms with E-state index < -0.39 is 0 Å². The lowest BCUT2D eigenvalue weighted by Gasteiger charge is -1.99. The summed E-state index contributed by atoms with van der Waals surface area (Å²) in [5.41, 5.74) is 0. The second kappa shape index (κ2) is 10.9. The molecule has 0 N–H and O–H groups in total. The first-order chi connectivity index (χ1) is 5.91. The first kappa shape index (κ1) is 11.9. The van der Waals surface area contributed by atoms with Gasteiger partial charge in [0.1, 0.15) is 0 Å². The smallest absolute Gasteiger partial charge is 0.0822 e. The molecule has 72 valence electrons. The lowest BCUT2D eigenvalue weighted by Crippen LogP contribution is -1.84. The summed E-state index contributed by atoms with van der Waals surface area (Å²) >= 11 is 0. The predicted octanol–water partition coefficient (Wildman–Crippen LogP) is 2.97. The molecule has 2 radical (unpaired) electrons. The fraction of sp³-hybridized carbons (Fsp3) is 1.00. The molecule has 0 saturated heterocycles. The van der Waals surface area contributed by atoms with E-state index >= 15 is 0 Å². The van der Waals surface area contributed by atoms with Crippen LogP contribution in [0.1, 0.15) is 51.4 Å². The lowest BCUT2D eigenvalue weighted by molar-refractivity contribution is 0.184. The maximum absolute atomic E-state index is 10.1. The molecule has 0 bridgehead atoms. The maximum Gasteiger partial charge on any atom is 0.0822 e. The average Bonchev–Trinajstić information content (AvgIpc) is 2.10. The molecule has 2 heteroatoms. The number of hydrogen-bond donors (Lipinski definition) is 0. The van der Waals surface area contributed by atoms with Crippen molar-refractivity contribution in [3.63, 3.8) is 0 Å². The molecule has 0 heterocycles. The fourth-order valence-corrected chi connectivity index (χ4v) is 1.26. The zero-order valence-electron chi connectivity index (χ0n) is 7.89. The summed E-state index contributed by atoms with van der Waals surface area (Å²) in [5.74, 6) is 0. The van der Waals surface area contributed by atoms with Gasteiger partial charge in [0.15, 0.2) is 0 Å². The van der Waals surface area contributed by atoms with E-state index in [0.717, 1.165) is 25.7 Å². The minimum atomic E-state index is 0.0795. The third-order valence-corrected chi connectivity index (χ3v) is 2.04. The second-order valence-electron chi connectivity index (χ2n) is 3.24. The Morgan fingerprint density at radius 1 is 0.417 bits per heavy atom. The van der Waals surface area contributed by atoms with Gasteiger partial charge in [0.2, 0.25) is 0 Å². The van der Waals surface area contributed by atoms with Gasteiger partial charge in [-0.25, -0.2) is 10.2 Å². The van der Waals surface area contributed by atoms with E-state index in [-0.39, 0.29) is 13.2 Å². The van der Waals surface area contributed by atoms with Crippen molar-refractivity contribution in [1.82, 2.24) is 0 Å². The van der Waals surface area contributed by atoms with Crippen molar-refractivity contribution in [2.24, 2.45) is 0 Å². The minimum absolute atomic E-state index is 0.0795. The standard InChI is InChI=1S/C10H20O2/c11-9-7-5-3-1-2-4-6-8-10-12/h1-10H2. The van der Waals surface area contributed by atoms with Crippen molar-refractivity contribution in [2.75, 3.05) is 13.2 Å². The molecule has 0 aliphatic carbocycles. The molecule has 2 nitrogen and oxygen atoms in total. The molecule has 0 atom stereocenters. The van der Waals surface area contributed by atoms with Gasteiger partial charge in [0.25, 0.3) is 0 Å². The van der Waals surface area contributed by atoms with Crippen LogP contribution in [0.15, 0.2) is 0 Å². The highest BCUT2D eigenvalue weighted by Gasteiger charge is 1.91. The van der Waals surface area contributed by atoms with E-state index in [1.807, 2.05) is 0 Å². The van der Waals surface area contributed by atoms with Crippen molar-refractivity contribution >= 4 is 0 Å². The van der Waals surface area contributed by atoms with Gasteiger partial charge < -0.3 is 0 Å². The van der Waals surface area contributed by atoms with Crippen molar-refractivity contribution in [3.05, 3.63) is 0 Å². The van der Waals surface area contributed by atoms with Crippen LogP contribution >= 0.6 is 0 Å². The van der Waals surface area contributed by atoms with Gasteiger partial charge in [-0.15, -0.1) is 0 Å². The highest BCUT2D eigenvalue weighted by atomic mass is 16.3. The maximum atomic E-state index is 10.1. The molecule has 0 aliphatic heterocycles. The van der Waals surface area contributed by atoms with Gasteiger partial charge in [-0.2, -0.15) is 0 Å². The number of rotatable bonds is 9. The Morgan fingerprint density at radius 2 is 0.667 bits per heavy atom. The van der Waals surface area contributed by atoms with Crippen LogP contribution in [0.3, 0.4) is 0 Å². The third-order valence-electron chi connectivity index (χ3n) is 2.04. The van der Waals surface area contributed by atoms with Crippen LogP contribution in [-0.2, 0) is 10.2 Å². The Bertz CT molecular complexity index is 64.2. The summed E-state index contributed by atoms with van der Waals surface area (Å²) in [4.78, 5) is 0. The van der Waals surface area contributed by atoms with Gasteiger partial charge in [-0.1, -0.05) is 38.5 Å². The molecule has 0 unspecified atom stereocenters. The molecule has 12 heavy (non-hydrogen) atoms. The van der Waals surface area contributed by atoms with E-state index in [1.165, 1.54) is 25.7 Å². The summed E-state index contributed by atoms with van der Waals surface area (Å²) in [6, 6.07) is 0. The Balaban J connectivity index is 2.73. The zero-order valence-corrected chi connectivity index (χ0v) is 7.89. The quantitative estimate of drug-likeness (QED) is 0.480. The molecule has 0 aromatic heterocycles. The van der Waals surface area contributed by atoms with E-state index in [4.69, 9.17) is 0 Å². The Labute approximate surface area is 75.6 Å². The van der Waals surface area contributed by atoms with Crippen LogP contribution < -0.4 is 0 Å². The van der Waals surface area contributed by atoms with Crippen molar-refractivity contribution in [1.29, 1.82) is 0 Å². The van der Waals surface area contributed by atoms with Gasteiger partial charge in [0, 0.05) is 0 Å². The van der Waals surface area contributed by atoms with Gasteiger partial charge in [0.05, 0.1) is 13.2 Å². The summed E-state index contributed by atoms with van der Waals surface area (Å²) in [5, 5.41) is 20.1. The van der Waals surface area contributed by atoms with Gasteiger partial charge in [-0.3, -0.25) is 0 Å².